The molecule has 0 bridgehead atoms. The van der Waals surface area contributed by atoms with Crippen LogP contribution in [0.3, 0.4) is 0 Å². The van der Waals surface area contributed by atoms with E-state index in [0.29, 0.717) is 18.7 Å². The molecule has 1 atom stereocenters. The molecule has 1 aromatic heterocycles. The van der Waals surface area contributed by atoms with E-state index in [4.69, 9.17) is 4.74 Å². The molecule has 0 aliphatic carbocycles. The molecule has 0 saturated carbocycles. The van der Waals surface area contributed by atoms with Crippen molar-refractivity contribution in [2.75, 3.05) is 13.2 Å². The normalized spacial score (nSPS) is 19.0. The molecule has 1 fully saturated rings. The third kappa shape index (κ3) is 2.22. The molecular weight excluding hydrogens is 252 g/mol. The Morgan fingerprint density at radius 2 is 2.11 bits per heavy atom. The number of nitrogens with zero attached hydrogens (tertiary/aromatic N) is 1. The number of benzene rings is 1. The van der Waals surface area contributed by atoms with E-state index in [1.54, 1.807) is 24.4 Å². The van der Waals surface area contributed by atoms with Crippen LogP contribution in [0.5, 0.6) is 0 Å². The minimum absolute atomic E-state index is 0.0164. The summed E-state index contributed by atoms with van der Waals surface area (Å²) in [6, 6.07) is 8.73. The van der Waals surface area contributed by atoms with E-state index in [2.05, 4.69) is 9.71 Å². The van der Waals surface area contributed by atoms with Crippen molar-refractivity contribution in [1.82, 2.24) is 9.71 Å². The zero-order valence-electron chi connectivity index (χ0n) is 9.54. The topological polar surface area (TPSA) is 71.6 Å². The van der Waals surface area contributed by atoms with Crippen molar-refractivity contribution in [2.45, 2.75) is 11.0 Å². The lowest BCUT2D eigenvalue weighted by Crippen LogP contribution is -2.27. The van der Waals surface area contributed by atoms with E-state index in [0.717, 1.165) is 5.39 Å². The van der Waals surface area contributed by atoms with Crippen LogP contribution in [0.4, 0.5) is 0 Å². The number of ether oxygens (including phenoxy) is 1. The van der Waals surface area contributed by atoms with Gasteiger partial charge in [0.15, 0.2) is 0 Å². The number of sulfonamides is 1. The maximum absolute atomic E-state index is 12.2. The average molecular weight is 264 g/mol. The summed E-state index contributed by atoms with van der Waals surface area (Å²) in [5.74, 6) is 0. The molecule has 1 aliphatic heterocycles. The van der Waals surface area contributed by atoms with Gasteiger partial charge in [-0.3, -0.25) is 4.98 Å². The van der Waals surface area contributed by atoms with Gasteiger partial charge in [-0.25, -0.2) is 13.1 Å². The predicted molar refractivity (Wildman–Crippen MR) is 66.7 cm³/mol. The molecule has 18 heavy (non-hydrogen) atoms. The van der Waals surface area contributed by atoms with E-state index < -0.39 is 10.0 Å². The zero-order chi connectivity index (χ0) is 12.6. The minimum Gasteiger partial charge on any atom is -0.372 e. The molecular formula is C12H12N2O3S. The number of hydrogen-bond acceptors (Lipinski definition) is 4. The summed E-state index contributed by atoms with van der Waals surface area (Å²) in [6.45, 7) is 0.932. The summed E-state index contributed by atoms with van der Waals surface area (Å²) in [4.78, 5) is 4.35. The van der Waals surface area contributed by atoms with Gasteiger partial charge in [-0.1, -0.05) is 18.2 Å². The second kappa shape index (κ2) is 4.31. The molecule has 2 heterocycles. The highest BCUT2D eigenvalue weighted by Gasteiger charge is 2.26. The van der Waals surface area contributed by atoms with Crippen LogP contribution in [-0.2, 0) is 14.8 Å². The average Bonchev–Trinajstić information content (AvgIpc) is 3.20. The Morgan fingerprint density at radius 3 is 2.89 bits per heavy atom. The first kappa shape index (κ1) is 11.6. The molecule has 3 rings (SSSR count). The maximum atomic E-state index is 12.2. The standard InChI is InChI=1S/C12H12N2O3S/c15-18(16,14-7-10-8-17-10)11-5-1-3-9-4-2-6-13-12(9)11/h1-6,10,14H,7-8H2/t10-/m1/s1. The van der Waals surface area contributed by atoms with Crippen molar-refractivity contribution in [2.24, 2.45) is 0 Å². The van der Waals surface area contributed by atoms with E-state index in [1.807, 2.05) is 12.1 Å². The number of rotatable bonds is 4. The van der Waals surface area contributed by atoms with Crippen LogP contribution in [0.15, 0.2) is 41.4 Å². The summed E-state index contributed by atoms with van der Waals surface area (Å²) in [7, 11) is -3.53. The second-order valence-corrected chi connectivity index (χ2v) is 5.87. The Balaban J connectivity index is 2.01. The molecule has 1 N–H and O–H groups in total. The van der Waals surface area contributed by atoms with Gasteiger partial charge in [0.25, 0.3) is 0 Å². The number of fused-ring (bicyclic) bond motifs is 1. The molecule has 0 radical (unpaired) electrons. The third-order valence-corrected chi connectivity index (χ3v) is 4.24. The highest BCUT2D eigenvalue weighted by molar-refractivity contribution is 7.89. The van der Waals surface area contributed by atoms with Gasteiger partial charge in [-0.15, -0.1) is 0 Å². The zero-order valence-corrected chi connectivity index (χ0v) is 10.4. The van der Waals surface area contributed by atoms with Crippen molar-refractivity contribution in [3.63, 3.8) is 0 Å². The lowest BCUT2D eigenvalue weighted by molar-refractivity contribution is 0.406. The Morgan fingerprint density at radius 1 is 1.33 bits per heavy atom. The summed E-state index contributed by atoms with van der Waals surface area (Å²) in [5.41, 5.74) is 0.490. The lowest BCUT2D eigenvalue weighted by atomic mass is 10.2. The third-order valence-electron chi connectivity index (χ3n) is 2.79. The van der Waals surface area contributed by atoms with E-state index >= 15 is 0 Å². The fraction of sp³-hybridized carbons (Fsp3) is 0.250. The van der Waals surface area contributed by atoms with E-state index in [-0.39, 0.29) is 11.0 Å². The number of epoxide rings is 1. The van der Waals surface area contributed by atoms with E-state index in [9.17, 15) is 8.42 Å². The van der Waals surface area contributed by atoms with Crippen molar-refractivity contribution in [3.05, 3.63) is 36.5 Å². The van der Waals surface area contributed by atoms with Crippen molar-refractivity contribution in [3.8, 4) is 0 Å². The van der Waals surface area contributed by atoms with Crippen LogP contribution in [0.2, 0.25) is 0 Å². The molecule has 6 heteroatoms. The Kier molecular flexibility index (Phi) is 2.77. The Bertz CT molecular complexity index is 675. The Hall–Kier alpha value is -1.50. The van der Waals surface area contributed by atoms with Crippen molar-refractivity contribution >= 4 is 20.9 Å². The largest absolute Gasteiger partial charge is 0.372 e. The maximum Gasteiger partial charge on any atom is 0.242 e. The SMILES string of the molecule is O=S(=O)(NC[C@@H]1CO1)c1cccc2cccnc12. The fourth-order valence-corrected chi connectivity index (χ4v) is 3.00. The van der Waals surface area contributed by atoms with Gasteiger partial charge in [0.2, 0.25) is 10.0 Å². The summed E-state index contributed by atoms with van der Waals surface area (Å²) in [6.07, 6.45) is 1.61. The molecule has 0 spiro atoms. The molecule has 0 unspecified atom stereocenters. The van der Waals surface area contributed by atoms with Crippen LogP contribution in [-0.4, -0.2) is 32.7 Å². The molecule has 0 amide bonds. The fourth-order valence-electron chi connectivity index (χ4n) is 1.76. The van der Waals surface area contributed by atoms with Gasteiger partial charge in [0.1, 0.15) is 4.90 Å². The predicted octanol–water partition coefficient (Wildman–Crippen LogP) is 0.912. The van der Waals surface area contributed by atoms with Crippen molar-refractivity contribution < 1.29 is 13.2 Å². The van der Waals surface area contributed by atoms with Gasteiger partial charge in [0.05, 0.1) is 18.2 Å². The molecule has 1 saturated heterocycles. The highest BCUT2D eigenvalue weighted by Crippen LogP contribution is 2.20. The van der Waals surface area contributed by atoms with Crippen LogP contribution in [0.25, 0.3) is 10.9 Å². The van der Waals surface area contributed by atoms with Gasteiger partial charge in [-0.05, 0) is 12.1 Å². The lowest BCUT2D eigenvalue weighted by Gasteiger charge is -2.07. The first-order chi connectivity index (χ1) is 8.67. The molecule has 1 aromatic carbocycles. The van der Waals surface area contributed by atoms with Crippen molar-refractivity contribution in [1.29, 1.82) is 0 Å². The summed E-state index contributed by atoms with van der Waals surface area (Å²) < 4.78 is 31.9. The smallest absolute Gasteiger partial charge is 0.242 e. The first-order valence-corrected chi connectivity index (χ1v) is 7.10. The summed E-state index contributed by atoms with van der Waals surface area (Å²) >= 11 is 0. The van der Waals surface area contributed by atoms with Gasteiger partial charge in [0, 0.05) is 18.1 Å². The number of nitrogens with one attached hydrogen (secondary N) is 1. The minimum atomic E-state index is -3.53. The molecule has 2 aromatic rings. The Labute approximate surface area is 105 Å². The van der Waals surface area contributed by atoms with Gasteiger partial charge >= 0.3 is 0 Å². The number of hydrogen-bond donors (Lipinski definition) is 1. The van der Waals surface area contributed by atoms with E-state index in [1.165, 1.54) is 0 Å². The second-order valence-electron chi connectivity index (χ2n) is 4.14. The first-order valence-electron chi connectivity index (χ1n) is 5.62. The van der Waals surface area contributed by atoms with Gasteiger partial charge in [-0.2, -0.15) is 0 Å². The molecule has 94 valence electrons. The molecule has 1 aliphatic rings. The molecule has 5 nitrogen and oxygen atoms in total. The van der Waals surface area contributed by atoms with Gasteiger partial charge < -0.3 is 4.74 Å². The summed E-state index contributed by atoms with van der Waals surface area (Å²) in [5, 5.41) is 0.808. The van der Waals surface area contributed by atoms with Crippen LogP contribution in [0.1, 0.15) is 0 Å². The van der Waals surface area contributed by atoms with Crippen LogP contribution in [0, 0.1) is 0 Å². The van der Waals surface area contributed by atoms with Crippen LogP contribution >= 0.6 is 0 Å². The van der Waals surface area contributed by atoms with Crippen LogP contribution < -0.4 is 4.72 Å². The highest BCUT2D eigenvalue weighted by atomic mass is 32.2. The quantitative estimate of drug-likeness (QED) is 0.833. The number of pyridine rings is 1. The monoisotopic (exact) mass is 264 g/mol. The number of aromatic nitrogens is 1. The number of para-hydroxylation sites is 1.